The summed E-state index contributed by atoms with van der Waals surface area (Å²) in [5.74, 6) is 6.03. The van der Waals surface area contributed by atoms with Crippen LogP contribution >= 0.6 is 0 Å². The van der Waals surface area contributed by atoms with E-state index in [9.17, 15) is 0 Å². The van der Waals surface area contributed by atoms with Crippen LogP contribution in [0.4, 0.5) is 0 Å². The van der Waals surface area contributed by atoms with Gasteiger partial charge in [-0.15, -0.1) is 0 Å². The fourth-order valence-corrected chi connectivity index (χ4v) is 1.91. The summed E-state index contributed by atoms with van der Waals surface area (Å²) in [6.07, 6.45) is 10.5. The van der Waals surface area contributed by atoms with Crippen LogP contribution < -0.4 is 5.84 Å². The molecule has 0 saturated carbocycles. The van der Waals surface area contributed by atoms with E-state index in [4.69, 9.17) is 5.84 Å². The first-order chi connectivity index (χ1) is 8.13. The van der Waals surface area contributed by atoms with Gasteiger partial charge in [0.25, 0.3) is 0 Å². The number of hydrogen-bond donors (Lipinski definition) is 1. The zero-order valence-corrected chi connectivity index (χ0v) is 12.4. The summed E-state index contributed by atoms with van der Waals surface area (Å²) in [6.45, 7) is 9.73. The van der Waals surface area contributed by atoms with E-state index in [1.165, 1.54) is 56.2 Å². The Morgan fingerprint density at radius 2 is 1.41 bits per heavy atom. The van der Waals surface area contributed by atoms with E-state index in [2.05, 4.69) is 27.7 Å². The van der Waals surface area contributed by atoms with Gasteiger partial charge in [0.15, 0.2) is 0 Å². The molecule has 0 unspecified atom stereocenters. The number of nitrogens with two attached hydrogens (primary N) is 1. The molecule has 0 saturated heterocycles. The van der Waals surface area contributed by atoms with E-state index >= 15 is 0 Å². The van der Waals surface area contributed by atoms with Gasteiger partial charge in [-0.25, -0.2) is 5.84 Å². The summed E-state index contributed by atoms with van der Waals surface area (Å²) < 4.78 is 0. The highest BCUT2D eigenvalue weighted by Crippen LogP contribution is 2.11. The van der Waals surface area contributed by atoms with E-state index in [1.807, 2.05) is 5.01 Å². The molecule has 0 atom stereocenters. The third-order valence-electron chi connectivity index (χ3n) is 3.58. The molecule has 0 fully saturated rings. The van der Waals surface area contributed by atoms with Gasteiger partial charge in [0.1, 0.15) is 0 Å². The van der Waals surface area contributed by atoms with Gasteiger partial charge >= 0.3 is 0 Å². The highest BCUT2D eigenvalue weighted by Gasteiger charge is 2.02. The van der Waals surface area contributed by atoms with Gasteiger partial charge in [0, 0.05) is 12.2 Å². The molecule has 2 heteroatoms. The van der Waals surface area contributed by atoms with Gasteiger partial charge in [-0.3, -0.25) is 0 Å². The Morgan fingerprint density at radius 1 is 0.882 bits per heavy atom. The molecule has 0 aromatic carbocycles. The van der Waals surface area contributed by atoms with Crippen LogP contribution in [0.15, 0.2) is 11.3 Å². The molecule has 2 N–H and O–H groups in total. The van der Waals surface area contributed by atoms with E-state index in [1.54, 1.807) is 0 Å². The summed E-state index contributed by atoms with van der Waals surface area (Å²) in [5, 5.41) is 1.92. The van der Waals surface area contributed by atoms with Crippen molar-refractivity contribution in [3.05, 3.63) is 11.3 Å². The molecule has 0 aromatic rings. The van der Waals surface area contributed by atoms with Crippen molar-refractivity contribution in [2.24, 2.45) is 5.84 Å². The summed E-state index contributed by atoms with van der Waals surface area (Å²) in [5.41, 5.74) is 2.65. The monoisotopic (exact) mass is 240 g/mol. The smallest absolute Gasteiger partial charge is 0.0338 e. The molecule has 0 rings (SSSR count). The van der Waals surface area contributed by atoms with E-state index < -0.39 is 0 Å². The van der Waals surface area contributed by atoms with Crippen molar-refractivity contribution in [1.29, 1.82) is 0 Å². The predicted molar refractivity (Wildman–Crippen MR) is 77.6 cm³/mol. The van der Waals surface area contributed by atoms with Crippen molar-refractivity contribution in [2.75, 3.05) is 6.54 Å². The predicted octanol–water partition coefficient (Wildman–Crippen LogP) is 4.62. The zero-order valence-electron chi connectivity index (χ0n) is 12.4. The Hall–Kier alpha value is -0.500. The summed E-state index contributed by atoms with van der Waals surface area (Å²) >= 11 is 0. The van der Waals surface area contributed by atoms with Gasteiger partial charge in [-0.1, -0.05) is 57.9 Å². The van der Waals surface area contributed by atoms with Crippen LogP contribution in [0.25, 0.3) is 0 Å². The van der Waals surface area contributed by atoms with Crippen molar-refractivity contribution in [3.8, 4) is 0 Å². The van der Waals surface area contributed by atoms with Crippen LogP contribution in [0.1, 0.15) is 79.1 Å². The van der Waals surface area contributed by atoms with Gasteiger partial charge in [-0.05, 0) is 26.7 Å². The second kappa shape index (κ2) is 10.6. The van der Waals surface area contributed by atoms with Gasteiger partial charge in [0.2, 0.25) is 0 Å². The minimum absolute atomic E-state index is 0.997. The fourth-order valence-electron chi connectivity index (χ4n) is 1.91. The van der Waals surface area contributed by atoms with Crippen LogP contribution in [-0.2, 0) is 0 Å². The minimum Gasteiger partial charge on any atom is -0.316 e. The second-order valence-corrected chi connectivity index (χ2v) is 5.03. The molecule has 2 nitrogen and oxygen atoms in total. The Balaban J connectivity index is 3.55. The second-order valence-electron chi connectivity index (χ2n) is 5.03. The average molecular weight is 240 g/mol. The lowest BCUT2D eigenvalue weighted by molar-refractivity contribution is 0.342. The normalized spacial score (nSPS) is 12.5. The molecular formula is C15H32N2. The molecule has 0 spiro atoms. The Labute approximate surface area is 108 Å². The maximum absolute atomic E-state index is 6.03. The maximum atomic E-state index is 6.03. The van der Waals surface area contributed by atoms with Crippen LogP contribution in [0.5, 0.6) is 0 Å². The topological polar surface area (TPSA) is 29.3 Å². The summed E-state index contributed by atoms with van der Waals surface area (Å²) in [4.78, 5) is 0. The molecule has 17 heavy (non-hydrogen) atoms. The Kier molecular flexibility index (Phi) is 10.3. The average Bonchev–Trinajstić information content (AvgIpc) is 2.35. The zero-order chi connectivity index (χ0) is 13.1. The molecule has 0 amide bonds. The molecule has 0 aliphatic heterocycles. The summed E-state index contributed by atoms with van der Waals surface area (Å²) in [6, 6.07) is 0. The molecule has 0 aliphatic carbocycles. The van der Waals surface area contributed by atoms with Crippen molar-refractivity contribution in [1.82, 2.24) is 5.01 Å². The third kappa shape index (κ3) is 8.25. The maximum Gasteiger partial charge on any atom is 0.0338 e. The SMILES string of the molecule is CCCCCCCCCN(N)/C(C)=C(\C)CC. The number of nitrogens with zero attached hydrogens (tertiary/aromatic N) is 1. The van der Waals surface area contributed by atoms with E-state index in [0.717, 1.165) is 13.0 Å². The standard InChI is InChI=1S/C15H32N2/c1-5-7-8-9-10-11-12-13-17(16)15(4)14(3)6-2/h5-13,16H2,1-4H3/b15-14+. The van der Waals surface area contributed by atoms with Crippen LogP contribution in [0, 0.1) is 0 Å². The quantitative estimate of drug-likeness (QED) is 0.343. The summed E-state index contributed by atoms with van der Waals surface area (Å²) in [7, 11) is 0. The van der Waals surface area contributed by atoms with Gasteiger partial charge < -0.3 is 5.01 Å². The van der Waals surface area contributed by atoms with Gasteiger partial charge in [-0.2, -0.15) is 0 Å². The molecule has 0 heterocycles. The first kappa shape index (κ1) is 16.5. The number of hydrogen-bond acceptors (Lipinski definition) is 2. The molecule has 102 valence electrons. The third-order valence-corrected chi connectivity index (χ3v) is 3.58. The van der Waals surface area contributed by atoms with Crippen molar-refractivity contribution >= 4 is 0 Å². The lowest BCUT2D eigenvalue weighted by atomic mass is 10.1. The molecule has 0 aliphatic rings. The number of unbranched alkanes of at least 4 members (excludes halogenated alkanes) is 6. The molecular weight excluding hydrogens is 208 g/mol. The lowest BCUT2D eigenvalue weighted by Gasteiger charge is -2.21. The highest BCUT2D eigenvalue weighted by molar-refractivity contribution is 5.06. The van der Waals surface area contributed by atoms with Crippen LogP contribution in [0.2, 0.25) is 0 Å². The highest BCUT2D eigenvalue weighted by atomic mass is 15.4. The first-order valence-electron chi connectivity index (χ1n) is 7.32. The largest absolute Gasteiger partial charge is 0.316 e. The van der Waals surface area contributed by atoms with E-state index in [-0.39, 0.29) is 0 Å². The van der Waals surface area contributed by atoms with Crippen molar-refractivity contribution in [2.45, 2.75) is 79.1 Å². The first-order valence-corrected chi connectivity index (χ1v) is 7.32. The number of rotatable bonds is 10. The van der Waals surface area contributed by atoms with Crippen molar-refractivity contribution in [3.63, 3.8) is 0 Å². The lowest BCUT2D eigenvalue weighted by Crippen LogP contribution is -2.30. The van der Waals surface area contributed by atoms with E-state index in [0.29, 0.717) is 0 Å². The fraction of sp³-hybridized carbons (Fsp3) is 0.867. The van der Waals surface area contributed by atoms with Crippen LogP contribution in [0.3, 0.4) is 0 Å². The Morgan fingerprint density at radius 3 is 1.94 bits per heavy atom. The van der Waals surface area contributed by atoms with Gasteiger partial charge in [0.05, 0.1) is 0 Å². The van der Waals surface area contributed by atoms with Crippen molar-refractivity contribution < 1.29 is 0 Å². The molecule has 0 radical (unpaired) electrons. The minimum atomic E-state index is 0.997. The Bertz CT molecular complexity index is 209. The molecule has 0 aromatic heterocycles. The van der Waals surface area contributed by atoms with Crippen LogP contribution in [-0.4, -0.2) is 11.6 Å². The number of hydrazine groups is 1. The molecule has 0 bridgehead atoms. The number of allylic oxidation sites excluding steroid dienone is 2.